The molecule has 5 heteroatoms. The van der Waals surface area contributed by atoms with Crippen LogP contribution in [0.1, 0.15) is 23.5 Å². The van der Waals surface area contributed by atoms with Gasteiger partial charge < -0.3 is 5.11 Å². The van der Waals surface area contributed by atoms with Crippen molar-refractivity contribution in [3.63, 3.8) is 0 Å². The largest absolute Gasteiger partial charge is 0.396 e. The molecule has 2 aromatic carbocycles. The summed E-state index contributed by atoms with van der Waals surface area (Å²) >= 11 is 24.1. The molecule has 0 unspecified atom stereocenters. The molecule has 1 atom stereocenters. The fourth-order valence-corrected chi connectivity index (χ4v) is 3.30. The number of halogens is 4. The summed E-state index contributed by atoms with van der Waals surface area (Å²) in [5.41, 5.74) is 1.90. The molecule has 0 amide bonds. The summed E-state index contributed by atoms with van der Waals surface area (Å²) in [6.45, 7) is 0.0204. The van der Waals surface area contributed by atoms with Crippen molar-refractivity contribution in [2.75, 3.05) is 6.61 Å². The summed E-state index contributed by atoms with van der Waals surface area (Å²) in [5, 5.41) is 12.0. The van der Waals surface area contributed by atoms with E-state index < -0.39 is 0 Å². The van der Waals surface area contributed by atoms with Gasteiger partial charge >= 0.3 is 0 Å². The molecule has 0 aliphatic heterocycles. The molecule has 0 saturated carbocycles. The van der Waals surface area contributed by atoms with Crippen LogP contribution in [-0.4, -0.2) is 11.7 Å². The Hall–Kier alpha value is -0.440. The minimum atomic E-state index is -0.0542. The predicted molar refractivity (Wildman–Crippen MR) is 91.1 cm³/mol. The second-order valence-corrected chi connectivity index (χ2v) is 6.51. The van der Waals surface area contributed by atoms with E-state index in [4.69, 9.17) is 46.4 Å². The lowest BCUT2D eigenvalue weighted by Gasteiger charge is -2.17. The highest BCUT2D eigenvalue weighted by Gasteiger charge is 2.15. The van der Waals surface area contributed by atoms with Gasteiger partial charge in [0, 0.05) is 32.6 Å². The van der Waals surface area contributed by atoms with E-state index in [1.54, 1.807) is 18.2 Å². The highest BCUT2D eigenvalue weighted by atomic mass is 35.5. The Morgan fingerprint density at radius 2 is 1.48 bits per heavy atom. The van der Waals surface area contributed by atoms with Crippen LogP contribution in [0.3, 0.4) is 0 Å². The van der Waals surface area contributed by atoms with Gasteiger partial charge in [-0.3, -0.25) is 0 Å². The molecule has 0 aliphatic carbocycles. The Morgan fingerprint density at radius 3 is 2.05 bits per heavy atom. The van der Waals surface area contributed by atoms with Crippen LogP contribution in [0.5, 0.6) is 0 Å². The lowest BCUT2D eigenvalue weighted by Crippen LogP contribution is -2.06. The van der Waals surface area contributed by atoms with Gasteiger partial charge in [-0.2, -0.15) is 0 Å². The molecule has 0 saturated heterocycles. The maximum absolute atomic E-state index is 9.62. The van der Waals surface area contributed by atoms with E-state index in [0.717, 1.165) is 24.0 Å². The van der Waals surface area contributed by atoms with Crippen molar-refractivity contribution in [3.8, 4) is 0 Å². The van der Waals surface area contributed by atoms with Gasteiger partial charge in [0.1, 0.15) is 0 Å². The molecule has 2 rings (SSSR count). The van der Waals surface area contributed by atoms with Crippen molar-refractivity contribution < 1.29 is 5.11 Å². The van der Waals surface area contributed by atoms with Gasteiger partial charge in [-0.15, -0.1) is 0 Å². The quantitative estimate of drug-likeness (QED) is 0.689. The first-order chi connectivity index (χ1) is 10.0. The van der Waals surface area contributed by atoms with Crippen LogP contribution in [0.4, 0.5) is 0 Å². The number of rotatable bonds is 5. The number of aliphatic hydroxyl groups is 1. The standard InChI is InChI=1S/C16H14Cl4O/c17-12-4-3-10(15(19)7-12)1-2-11(9-21)14-6-5-13(18)8-16(14)20/h3-8,11,21H,1-2,9H2/t11-/m1/s1. The van der Waals surface area contributed by atoms with Crippen molar-refractivity contribution in [1.29, 1.82) is 0 Å². The van der Waals surface area contributed by atoms with Crippen LogP contribution in [0.2, 0.25) is 20.1 Å². The van der Waals surface area contributed by atoms with Gasteiger partial charge in [0.05, 0.1) is 0 Å². The third-order valence-corrected chi connectivity index (χ3v) is 4.55. The second kappa shape index (κ2) is 7.71. The molecule has 1 N–H and O–H groups in total. The lowest BCUT2D eigenvalue weighted by atomic mass is 9.93. The fourth-order valence-electron chi connectivity index (χ4n) is 2.23. The number of benzene rings is 2. The highest BCUT2D eigenvalue weighted by molar-refractivity contribution is 6.35. The first kappa shape index (κ1) is 16.9. The Bertz CT molecular complexity index is 628. The Morgan fingerprint density at radius 1 is 0.857 bits per heavy atom. The first-order valence-corrected chi connectivity index (χ1v) is 8.02. The summed E-state index contributed by atoms with van der Waals surface area (Å²) in [4.78, 5) is 0. The molecular weight excluding hydrogens is 350 g/mol. The number of aryl methyl sites for hydroxylation is 1. The number of aliphatic hydroxyl groups excluding tert-OH is 1. The Balaban J connectivity index is 2.12. The Labute approximate surface area is 144 Å². The fraction of sp³-hybridized carbons (Fsp3) is 0.250. The van der Waals surface area contributed by atoms with E-state index in [-0.39, 0.29) is 12.5 Å². The molecule has 0 spiro atoms. The van der Waals surface area contributed by atoms with E-state index in [1.807, 2.05) is 18.2 Å². The van der Waals surface area contributed by atoms with Gasteiger partial charge in [0.2, 0.25) is 0 Å². The van der Waals surface area contributed by atoms with Crippen molar-refractivity contribution in [2.45, 2.75) is 18.8 Å². The topological polar surface area (TPSA) is 20.2 Å². The highest BCUT2D eigenvalue weighted by Crippen LogP contribution is 2.31. The molecule has 0 aliphatic rings. The van der Waals surface area contributed by atoms with Gasteiger partial charge in [0.15, 0.2) is 0 Å². The summed E-state index contributed by atoms with van der Waals surface area (Å²) in [7, 11) is 0. The first-order valence-electron chi connectivity index (χ1n) is 6.51. The van der Waals surface area contributed by atoms with Crippen molar-refractivity contribution in [3.05, 3.63) is 67.6 Å². The van der Waals surface area contributed by atoms with E-state index >= 15 is 0 Å². The maximum Gasteiger partial charge on any atom is 0.0500 e. The molecule has 2 aromatic rings. The van der Waals surface area contributed by atoms with Gasteiger partial charge in [-0.05, 0) is 48.2 Å². The van der Waals surface area contributed by atoms with Gasteiger partial charge in [-0.25, -0.2) is 0 Å². The monoisotopic (exact) mass is 362 g/mol. The molecule has 0 bridgehead atoms. The molecule has 0 heterocycles. The SMILES string of the molecule is OC[C@@H](CCc1ccc(Cl)cc1Cl)c1ccc(Cl)cc1Cl. The summed E-state index contributed by atoms with van der Waals surface area (Å²) in [6, 6.07) is 10.8. The second-order valence-electron chi connectivity index (χ2n) is 4.82. The lowest BCUT2D eigenvalue weighted by molar-refractivity contribution is 0.259. The molecule has 0 fully saturated rings. The van der Waals surface area contributed by atoms with E-state index in [2.05, 4.69) is 0 Å². The van der Waals surface area contributed by atoms with Crippen molar-refractivity contribution in [2.24, 2.45) is 0 Å². The average molecular weight is 364 g/mol. The van der Waals surface area contributed by atoms with Crippen molar-refractivity contribution in [1.82, 2.24) is 0 Å². The average Bonchev–Trinajstić information content (AvgIpc) is 2.43. The maximum atomic E-state index is 9.62. The molecule has 112 valence electrons. The third-order valence-electron chi connectivity index (χ3n) is 3.40. The van der Waals surface area contributed by atoms with Gasteiger partial charge in [0.25, 0.3) is 0 Å². The van der Waals surface area contributed by atoms with Crippen LogP contribution < -0.4 is 0 Å². The minimum Gasteiger partial charge on any atom is -0.396 e. The zero-order chi connectivity index (χ0) is 15.4. The van der Waals surface area contributed by atoms with Crippen LogP contribution in [0, 0.1) is 0 Å². The minimum absolute atomic E-state index is 0.0204. The molecule has 21 heavy (non-hydrogen) atoms. The van der Waals surface area contributed by atoms with Crippen LogP contribution >= 0.6 is 46.4 Å². The normalized spacial score (nSPS) is 12.4. The molecular formula is C16H14Cl4O. The Kier molecular flexibility index (Phi) is 6.21. The number of hydrogen-bond acceptors (Lipinski definition) is 1. The summed E-state index contributed by atoms with van der Waals surface area (Å²) in [6.07, 6.45) is 1.47. The van der Waals surface area contributed by atoms with Gasteiger partial charge in [-0.1, -0.05) is 58.5 Å². The van der Waals surface area contributed by atoms with E-state index in [9.17, 15) is 5.11 Å². The van der Waals surface area contributed by atoms with Crippen molar-refractivity contribution >= 4 is 46.4 Å². The van der Waals surface area contributed by atoms with Crippen LogP contribution in [0.25, 0.3) is 0 Å². The number of hydrogen-bond donors (Lipinski definition) is 1. The molecule has 0 aromatic heterocycles. The zero-order valence-corrected chi connectivity index (χ0v) is 14.1. The third kappa shape index (κ3) is 4.51. The molecule has 1 nitrogen and oxygen atoms in total. The molecule has 0 radical (unpaired) electrons. The van der Waals surface area contributed by atoms with E-state index in [0.29, 0.717) is 20.1 Å². The van der Waals surface area contributed by atoms with E-state index in [1.165, 1.54) is 0 Å². The van der Waals surface area contributed by atoms with Crippen LogP contribution in [0.15, 0.2) is 36.4 Å². The zero-order valence-electron chi connectivity index (χ0n) is 11.1. The summed E-state index contributed by atoms with van der Waals surface area (Å²) in [5.74, 6) is -0.0542. The predicted octanol–water partition coefficient (Wildman–Crippen LogP) is 6.01. The van der Waals surface area contributed by atoms with Crippen LogP contribution in [-0.2, 0) is 6.42 Å². The summed E-state index contributed by atoms with van der Waals surface area (Å²) < 4.78 is 0. The smallest absolute Gasteiger partial charge is 0.0500 e.